The molecule has 1 aromatic carbocycles. The maximum absolute atomic E-state index is 13.7. The van der Waals surface area contributed by atoms with Gasteiger partial charge < -0.3 is 9.47 Å². The molecule has 0 amide bonds. The van der Waals surface area contributed by atoms with Crippen LogP contribution >= 0.6 is 0 Å². The fraction of sp³-hybridized carbons (Fsp3) is 0.759. The molecule has 5 atom stereocenters. The number of rotatable bonds is 8. The van der Waals surface area contributed by atoms with Crippen molar-refractivity contribution < 1.29 is 26.9 Å². The smallest absolute Gasteiger partial charge is 0.268 e. The van der Waals surface area contributed by atoms with Crippen LogP contribution in [0.25, 0.3) is 0 Å². The molecule has 0 aromatic heterocycles. The number of fused-ring (bicyclic) bond motifs is 5. The zero-order chi connectivity index (χ0) is 26.8. The van der Waals surface area contributed by atoms with Crippen molar-refractivity contribution in [1.82, 2.24) is 4.90 Å². The second kappa shape index (κ2) is 9.53. The van der Waals surface area contributed by atoms with E-state index in [-0.39, 0.29) is 34.8 Å². The predicted octanol–water partition coefficient (Wildman–Crippen LogP) is 4.78. The number of nitrogens with zero attached hydrogens (tertiary/aromatic N) is 1. The van der Waals surface area contributed by atoms with E-state index in [0.717, 1.165) is 38.1 Å². The van der Waals surface area contributed by atoms with Crippen LogP contribution in [0.4, 0.5) is 0 Å². The number of ether oxygens (including phenoxy) is 2. The molecule has 2 bridgehead atoms. The van der Waals surface area contributed by atoms with Crippen LogP contribution in [0.1, 0.15) is 77.0 Å². The van der Waals surface area contributed by atoms with Gasteiger partial charge in [-0.05, 0) is 78.5 Å². The summed E-state index contributed by atoms with van der Waals surface area (Å²) in [6, 6.07) is 4.17. The van der Waals surface area contributed by atoms with Crippen LogP contribution < -0.4 is 9.47 Å². The van der Waals surface area contributed by atoms with E-state index in [9.17, 15) is 13.2 Å². The normalized spacial score (nSPS) is 32.9. The first-order valence-corrected chi connectivity index (χ1v) is 15.4. The number of hydrogen-bond donors (Lipinski definition) is 0. The van der Waals surface area contributed by atoms with E-state index < -0.39 is 21.6 Å². The van der Waals surface area contributed by atoms with Crippen molar-refractivity contribution in [3.63, 3.8) is 0 Å². The Morgan fingerprint density at radius 2 is 1.84 bits per heavy atom. The van der Waals surface area contributed by atoms with Crippen LogP contribution in [-0.4, -0.2) is 58.3 Å². The van der Waals surface area contributed by atoms with Crippen molar-refractivity contribution in [2.75, 3.05) is 33.1 Å². The summed E-state index contributed by atoms with van der Waals surface area (Å²) in [7, 11) is -0.617. The first kappa shape index (κ1) is 26.9. The lowest BCUT2D eigenvalue weighted by molar-refractivity contribution is -0.128. The second-order valence-corrected chi connectivity index (χ2v) is 14.4. The van der Waals surface area contributed by atoms with Gasteiger partial charge in [0.2, 0.25) is 0 Å². The van der Waals surface area contributed by atoms with Gasteiger partial charge in [0.25, 0.3) is 10.1 Å². The number of carbonyl (C=O) groups excluding carboxylic acids is 1. The van der Waals surface area contributed by atoms with E-state index in [1.165, 1.54) is 11.1 Å². The quantitative estimate of drug-likeness (QED) is 0.445. The van der Waals surface area contributed by atoms with Gasteiger partial charge in [0.1, 0.15) is 5.78 Å². The van der Waals surface area contributed by atoms with Crippen LogP contribution in [-0.2, 0) is 25.5 Å². The molecule has 3 fully saturated rings. The van der Waals surface area contributed by atoms with Gasteiger partial charge in [0.05, 0.1) is 31.5 Å². The van der Waals surface area contributed by atoms with Gasteiger partial charge in [-0.25, -0.2) is 0 Å². The zero-order valence-electron chi connectivity index (χ0n) is 23.2. The summed E-state index contributed by atoms with van der Waals surface area (Å²) in [4.78, 5) is 15.5. The molecule has 1 aromatic rings. The van der Waals surface area contributed by atoms with Crippen LogP contribution in [0.3, 0.4) is 0 Å². The molecular weight excluding hydrogens is 490 g/mol. The minimum Gasteiger partial charge on any atom is -0.493 e. The topological polar surface area (TPSA) is 82.1 Å². The van der Waals surface area contributed by atoms with Gasteiger partial charge in [-0.3, -0.25) is 13.9 Å². The van der Waals surface area contributed by atoms with Gasteiger partial charge in [-0.1, -0.05) is 27.7 Å². The van der Waals surface area contributed by atoms with Gasteiger partial charge >= 0.3 is 0 Å². The fourth-order valence-corrected chi connectivity index (χ4v) is 9.95. The lowest BCUT2D eigenvalue weighted by Gasteiger charge is -2.47. The predicted molar refractivity (Wildman–Crippen MR) is 142 cm³/mol. The van der Waals surface area contributed by atoms with Gasteiger partial charge in [0.15, 0.2) is 11.5 Å². The van der Waals surface area contributed by atoms with Gasteiger partial charge in [-0.15, -0.1) is 0 Å². The molecule has 0 N–H and O–H groups in total. The van der Waals surface area contributed by atoms with E-state index >= 15 is 0 Å². The Labute approximate surface area is 222 Å². The number of hydrogen-bond acceptors (Lipinski definition) is 7. The number of Topliss-reactive ketones (excluding diaryl/α,β-unsaturated/α-hetero) is 1. The third-order valence-electron chi connectivity index (χ3n) is 10.2. The molecule has 7 nitrogen and oxygen atoms in total. The van der Waals surface area contributed by atoms with Crippen molar-refractivity contribution in [2.24, 2.45) is 28.6 Å². The highest BCUT2D eigenvalue weighted by molar-refractivity contribution is 7.86. The average molecular weight is 534 g/mol. The summed E-state index contributed by atoms with van der Waals surface area (Å²) in [5.74, 6) is 2.15. The lowest BCUT2D eigenvalue weighted by Crippen LogP contribution is -2.50. The molecule has 2 saturated carbocycles. The number of piperidine rings is 1. The monoisotopic (exact) mass is 533 g/mol. The molecular formula is C29H43NO6S. The van der Waals surface area contributed by atoms with Crippen molar-refractivity contribution in [2.45, 2.75) is 78.4 Å². The molecule has 206 valence electrons. The number of ketones is 1. The van der Waals surface area contributed by atoms with Crippen molar-refractivity contribution in [1.29, 1.82) is 0 Å². The van der Waals surface area contributed by atoms with Gasteiger partial charge in [-0.2, -0.15) is 8.42 Å². The van der Waals surface area contributed by atoms with E-state index in [4.69, 9.17) is 13.7 Å². The molecule has 2 aliphatic heterocycles. The summed E-state index contributed by atoms with van der Waals surface area (Å²) < 4.78 is 44.6. The van der Waals surface area contributed by atoms with E-state index in [1.807, 2.05) is 0 Å². The zero-order valence-corrected chi connectivity index (χ0v) is 24.0. The van der Waals surface area contributed by atoms with E-state index in [2.05, 4.69) is 44.7 Å². The maximum Gasteiger partial charge on any atom is 0.268 e. The third kappa shape index (κ3) is 4.51. The molecule has 2 heterocycles. The van der Waals surface area contributed by atoms with Crippen LogP contribution in [0.15, 0.2) is 12.1 Å². The highest BCUT2D eigenvalue weighted by atomic mass is 32.2. The standard InChI is InChI=1S/C29H43NO6S/c1-18(2)11-20-16-30-10-8-19-12-25(34-5)26(35-6)14-22(19)23(30)15-24(20)36-37(32,33)17-29-9-7-21(13-27(29)31)28(29,3)4/h12,14,18,20-21,23-24H,7-11,13,15-17H2,1-6H3/t20?,21?,23?,24?,29-/m1/s1. The van der Waals surface area contributed by atoms with E-state index in [1.54, 1.807) is 14.2 Å². The summed E-state index contributed by atoms with van der Waals surface area (Å²) >= 11 is 0. The molecule has 8 heteroatoms. The van der Waals surface area contributed by atoms with E-state index in [0.29, 0.717) is 30.9 Å². The Morgan fingerprint density at radius 1 is 1.14 bits per heavy atom. The Balaban J connectivity index is 1.43. The summed E-state index contributed by atoms with van der Waals surface area (Å²) in [6.45, 7) is 10.2. The van der Waals surface area contributed by atoms with Crippen LogP contribution in [0, 0.1) is 28.6 Å². The number of benzene rings is 1. The highest BCUT2D eigenvalue weighted by Gasteiger charge is 2.65. The molecule has 0 radical (unpaired) electrons. The summed E-state index contributed by atoms with van der Waals surface area (Å²) in [5, 5.41) is 0. The van der Waals surface area contributed by atoms with Crippen LogP contribution in [0.5, 0.6) is 11.5 Å². The summed E-state index contributed by atoms with van der Waals surface area (Å²) in [6.07, 6.45) is 4.09. The fourth-order valence-electron chi connectivity index (χ4n) is 7.99. The third-order valence-corrected chi connectivity index (χ3v) is 11.6. The molecule has 0 spiro atoms. The Kier molecular flexibility index (Phi) is 6.94. The number of carbonyl (C=O) groups is 1. The average Bonchev–Trinajstić information content (AvgIpc) is 3.17. The Bertz CT molecular complexity index is 1160. The minimum atomic E-state index is -3.90. The molecule has 5 rings (SSSR count). The number of methoxy groups -OCH3 is 2. The second-order valence-electron chi connectivity index (χ2n) is 12.8. The van der Waals surface area contributed by atoms with Crippen molar-refractivity contribution >= 4 is 15.9 Å². The SMILES string of the molecule is COc1cc2c(cc1OC)C1CC(OS(=O)(=O)C[C@]34CCC(CC3=O)C4(C)C)C(CC(C)C)CN1CC2. The first-order chi connectivity index (χ1) is 17.4. The largest absolute Gasteiger partial charge is 0.493 e. The Morgan fingerprint density at radius 3 is 2.43 bits per heavy atom. The van der Waals surface area contributed by atoms with Crippen molar-refractivity contribution in [3.05, 3.63) is 23.3 Å². The minimum absolute atomic E-state index is 0.0609. The Hall–Kier alpha value is -1.64. The molecule has 37 heavy (non-hydrogen) atoms. The van der Waals surface area contributed by atoms with Crippen molar-refractivity contribution in [3.8, 4) is 11.5 Å². The molecule has 1 saturated heterocycles. The lowest BCUT2D eigenvalue weighted by atomic mass is 9.70. The van der Waals surface area contributed by atoms with Crippen LogP contribution in [0.2, 0.25) is 0 Å². The molecule has 2 aliphatic carbocycles. The molecule has 4 unspecified atom stereocenters. The maximum atomic E-state index is 13.7. The molecule has 4 aliphatic rings. The summed E-state index contributed by atoms with van der Waals surface area (Å²) in [5.41, 5.74) is 1.27. The highest BCUT2D eigenvalue weighted by Crippen LogP contribution is 2.64. The first-order valence-electron chi connectivity index (χ1n) is 13.8. The van der Waals surface area contributed by atoms with Gasteiger partial charge in [0, 0.05) is 25.6 Å².